The van der Waals surface area contributed by atoms with Crippen LogP contribution in [0.5, 0.6) is 0 Å². The Hall–Kier alpha value is -0.680. The Balaban J connectivity index is 1.75. The van der Waals surface area contributed by atoms with Gasteiger partial charge in [-0.2, -0.15) is 0 Å². The summed E-state index contributed by atoms with van der Waals surface area (Å²) in [5.74, 6) is -0.373. The van der Waals surface area contributed by atoms with Gasteiger partial charge >= 0.3 is 0 Å². The van der Waals surface area contributed by atoms with Crippen LogP contribution >= 0.6 is 11.6 Å². The molecule has 0 radical (unpaired) electrons. The number of benzene rings is 1. The maximum Gasteiger partial charge on any atom is 0.141 e. The average Bonchev–Trinajstić information content (AvgIpc) is 2.41. The Kier molecular flexibility index (Phi) is 5.58. The van der Waals surface area contributed by atoms with Crippen LogP contribution in [0.3, 0.4) is 0 Å². The van der Waals surface area contributed by atoms with Crippen LogP contribution in [0.25, 0.3) is 0 Å². The van der Waals surface area contributed by atoms with Gasteiger partial charge in [-0.25, -0.2) is 4.39 Å². The van der Waals surface area contributed by atoms with E-state index in [1.54, 1.807) is 12.1 Å². The predicted octanol–water partition coefficient (Wildman–Crippen LogP) is 2.34. The zero-order valence-electron chi connectivity index (χ0n) is 11.1. The fraction of sp³-hybridized carbons (Fsp3) is 0.571. The topological polar surface area (TPSA) is 33.3 Å². The normalized spacial score (nSPS) is 21.3. The summed E-state index contributed by atoms with van der Waals surface area (Å²) in [6.45, 7) is 5.32. The Morgan fingerprint density at radius 3 is 3.11 bits per heavy atom. The summed E-state index contributed by atoms with van der Waals surface area (Å²) in [5, 5.41) is 7.02. The molecule has 2 atom stereocenters. The molecule has 0 amide bonds. The van der Waals surface area contributed by atoms with E-state index in [-0.39, 0.29) is 10.8 Å². The summed E-state index contributed by atoms with van der Waals surface area (Å²) in [6, 6.07) is 5.60. The molecule has 2 rings (SSSR count). The van der Waals surface area contributed by atoms with Crippen molar-refractivity contribution in [2.45, 2.75) is 32.0 Å². The van der Waals surface area contributed by atoms with E-state index < -0.39 is 0 Å². The van der Waals surface area contributed by atoms with Gasteiger partial charge in [0.2, 0.25) is 0 Å². The summed E-state index contributed by atoms with van der Waals surface area (Å²) in [7, 11) is 0. The second kappa shape index (κ2) is 7.20. The van der Waals surface area contributed by atoms with Crippen LogP contribution in [0.4, 0.5) is 4.39 Å². The lowest BCUT2D eigenvalue weighted by Crippen LogP contribution is -2.44. The van der Waals surface area contributed by atoms with Crippen LogP contribution in [0, 0.1) is 5.82 Å². The largest absolute Gasteiger partial charge is 0.379 e. The predicted molar refractivity (Wildman–Crippen MR) is 74.9 cm³/mol. The molecule has 1 heterocycles. The highest BCUT2D eigenvalue weighted by atomic mass is 35.5. The Morgan fingerprint density at radius 1 is 1.58 bits per heavy atom. The number of halogens is 2. The molecule has 0 aromatic heterocycles. The van der Waals surface area contributed by atoms with Gasteiger partial charge in [-0.1, -0.05) is 17.7 Å². The molecule has 1 aromatic carbocycles. The fourth-order valence-electron chi connectivity index (χ4n) is 2.22. The highest BCUT2D eigenvalue weighted by molar-refractivity contribution is 6.30. The summed E-state index contributed by atoms with van der Waals surface area (Å²) < 4.78 is 18.5. The second-order valence-corrected chi connectivity index (χ2v) is 5.40. The van der Waals surface area contributed by atoms with Crippen LogP contribution < -0.4 is 10.6 Å². The van der Waals surface area contributed by atoms with Crippen molar-refractivity contribution in [2.75, 3.05) is 19.8 Å². The first-order chi connectivity index (χ1) is 9.15. The summed E-state index contributed by atoms with van der Waals surface area (Å²) in [5.41, 5.74) is 0.992. The zero-order chi connectivity index (χ0) is 13.7. The molecule has 106 valence electrons. The van der Waals surface area contributed by atoms with Crippen LogP contribution in [0.1, 0.15) is 18.9 Å². The third-order valence-corrected chi connectivity index (χ3v) is 3.56. The molecule has 0 spiro atoms. The molecule has 3 nitrogen and oxygen atoms in total. The first-order valence-electron chi connectivity index (χ1n) is 6.63. The molecule has 1 aromatic rings. The van der Waals surface area contributed by atoms with Gasteiger partial charge < -0.3 is 15.4 Å². The maximum atomic E-state index is 13.0. The first-order valence-corrected chi connectivity index (χ1v) is 7.01. The Morgan fingerprint density at radius 2 is 2.42 bits per heavy atom. The minimum absolute atomic E-state index is 0.175. The molecule has 2 N–H and O–H groups in total. The van der Waals surface area contributed by atoms with E-state index in [0.29, 0.717) is 18.6 Å². The minimum Gasteiger partial charge on any atom is -0.379 e. The van der Waals surface area contributed by atoms with E-state index in [4.69, 9.17) is 16.3 Å². The van der Waals surface area contributed by atoms with Crippen molar-refractivity contribution in [1.82, 2.24) is 10.6 Å². The molecule has 5 heteroatoms. The van der Waals surface area contributed by atoms with Crippen molar-refractivity contribution in [1.29, 1.82) is 0 Å². The number of nitrogens with one attached hydrogen (secondary N) is 2. The molecule has 1 saturated heterocycles. The molecule has 2 unspecified atom stereocenters. The standard InChI is InChI=1S/C14H20ClFN2O/c1-10(6-12-9-19-5-4-17-12)18-8-11-2-3-14(16)13(15)7-11/h2-3,7,10,12,17-18H,4-6,8-9H2,1H3. The van der Waals surface area contributed by atoms with E-state index in [2.05, 4.69) is 17.6 Å². The Labute approximate surface area is 118 Å². The van der Waals surface area contributed by atoms with Gasteiger partial charge in [0.1, 0.15) is 5.82 Å². The van der Waals surface area contributed by atoms with Crippen molar-refractivity contribution >= 4 is 11.6 Å². The first kappa shape index (κ1) is 14.7. The highest BCUT2D eigenvalue weighted by Gasteiger charge is 2.15. The van der Waals surface area contributed by atoms with Crippen LogP contribution in [0.15, 0.2) is 18.2 Å². The number of rotatable bonds is 5. The van der Waals surface area contributed by atoms with Gasteiger partial charge in [-0.3, -0.25) is 0 Å². The number of hydrogen-bond donors (Lipinski definition) is 2. The summed E-state index contributed by atoms with van der Waals surface area (Å²) in [4.78, 5) is 0. The van der Waals surface area contributed by atoms with Gasteiger partial charge in [-0.15, -0.1) is 0 Å². The van der Waals surface area contributed by atoms with Crippen molar-refractivity contribution in [3.8, 4) is 0 Å². The van der Waals surface area contributed by atoms with Crippen molar-refractivity contribution in [2.24, 2.45) is 0 Å². The van der Waals surface area contributed by atoms with Gasteiger partial charge in [-0.05, 0) is 31.0 Å². The van der Waals surface area contributed by atoms with Gasteiger partial charge in [0, 0.05) is 25.2 Å². The van der Waals surface area contributed by atoms with Crippen LogP contribution in [0.2, 0.25) is 5.02 Å². The summed E-state index contributed by atoms with van der Waals surface area (Å²) >= 11 is 5.76. The smallest absolute Gasteiger partial charge is 0.141 e. The quantitative estimate of drug-likeness (QED) is 0.872. The lowest BCUT2D eigenvalue weighted by Gasteiger charge is -2.26. The average molecular weight is 287 g/mol. The fourth-order valence-corrected chi connectivity index (χ4v) is 2.43. The third kappa shape index (κ3) is 4.73. The third-order valence-electron chi connectivity index (χ3n) is 3.28. The number of ether oxygens (including phenoxy) is 1. The summed E-state index contributed by atoms with van der Waals surface area (Å²) in [6.07, 6.45) is 1.01. The lowest BCUT2D eigenvalue weighted by molar-refractivity contribution is 0.0712. The second-order valence-electron chi connectivity index (χ2n) is 4.99. The molecule has 0 bridgehead atoms. The molecule has 1 fully saturated rings. The molecule has 0 aliphatic carbocycles. The monoisotopic (exact) mass is 286 g/mol. The van der Waals surface area contributed by atoms with Gasteiger partial charge in [0.25, 0.3) is 0 Å². The van der Waals surface area contributed by atoms with E-state index in [1.807, 2.05) is 0 Å². The lowest BCUT2D eigenvalue weighted by atomic mass is 10.1. The van der Waals surface area contributed by atoms with Crippen LogP contribution in [-0.2, 0) is 11.3 Å². The molecule has 0 saturated carbocycles. The number of morpholine rings is 1. The highest BCUT2D eigenvalue weighted by Crippen LogP contribution is 2.16. The van der Waals surface area contributed by atoms with Gasteiger partial charge in [0.15, 0.2) is 0 Å². The SMILES string of the molecule is CC(CC1COCCN1)NCc1ccc(F)c(Cl)c1. The molecule has 19 heavy (non-hydrogen) atoms. The minimum atomic E-state index is -0.373. The van der Waals surface area contributed by atoms with E-state index in [9.17, 15) is 4.39 Å². The maximum absolute atomic E-state index is 13.0. The van der Waals surface area contributed by atoms with Crippen molar-refractivity contribution in [3.63, 3.8) is 0 Å². The van der Waals surface area contributed by atoms with Gasteiger partial charge in [0.05, 0.1) is 18.2 Å². The van der Waals surface area contributed by atoms with E-state index in [1.165, 1.54) is 6.07 Å². The zero-order valence-corrected chi connectivity index (χ0v) is 11.8. The van der Waals surface area contributed by atoms with Crippen molar-refractivity contribution < 1.29 is 9.13 Å². The molecular formula is C14H20ClFN2O. The Bertz CT molecular complexity index is 410. The molecular weight excluding hydrogens is 267 g/mol. The van der Waals surface area contributed by atoms with Crippen LogP contribution in [-0.4, -0.2) is 31.8 Å². The molecule has 1 aliphatic heterocycles. The number of hydrogen-bond acceptors (Lipinski definition) is 3. The van der Waals surface area contributed by atoms with E-state index >= 15 is 0 Å². The van der Waals surface area contributed by atoms with E-state index in [0.717, 1.165) is 31.7 Å². The molecule has 1 aliphatic rings. The van der Waals surface area contributed by atoms with Crippen molar-refractivity contribution in [3.05, 3.63) is 34.6 Å².